The van der Waals surface area contributed by atoms with Crippen LogP contribution in [0.4, 0.5) is 0 Å². The van der Waals surface area contributed by atoms with Gasteiger partial charge in [0.05, 0.1) is 15.6 Å². The van der Waals surface area contributed by atoms with Gasteiger partial charge in [-0.25, -0.2) is 0 Å². The van der Waals surface area contributed by atoms with Crippen LogP contribution in [0.1, 0.15) is 66.9 Å². The van der Waals surface area contributed by atoms with Gasteiger partial charge in [-0.15, -0.1) is 12.4 Å². The molecule has 238 valence electrons. The highest BCUT2D eigenvalue weighted by atomic mass is 35.5. The van der Waals surface area contributed by atoms with Gasteiger partial charge in [-0.05, 0) is 80.5 Å². The van der Waals surface area contributed by atoms with Crippen molar-refractivity contribution in [1.82, 2.24) is 14.7 Å². The highest BCUT2D eigenvalue weighted by molar-refractivity contribution is 6.42. The fraction of sp³-hybridized carbons (Fsp3) is 0.429. The minimum atomic E-state index is -0.271. The summed E-state index contributed by atoms with van der Waals surface area (Å²) in [7, 11) is 1.94. The molecule has 2 amide bonds. The van der Waals surface area contributed by atoms with Gasteiger partial charge < -0.3 is 20.2 Å². The van der Waals surface area contributed by atoms with Gasteiger partial charge >= 0.3 is 0 Å². The third-order valence-electron chi connectivity index (χ3n) is 9.66. The molecule has 6 nitrogen and oxygen atoms in total. The van der Waals surface area contributed by atoms with Crippen molar-refractivity contribution in [3.8, 4) is 0 Å². The summed E-state index contributed by atoms with van der Waals surface area (Å²) >= 11 is 12.8. The summed E-state index contributed by atoms with van der Waals surface area (Å²) in [6.07, 6.45) is 5.73. The molecule has 1 atom stereocenters. The minimum Gasteiger partial charge on any atom is -0.412 e. The van der Waals surface area contributed by atoms with Crippen molar-refractivity contribution in [3.05, 3.63) is 106 Å². The van der Waals surface area contributed by atoms with Gasteiger partial charge in [0, 0.05) is 51.1 Å². The Morgan fingerprint density at radius 1 is 0.841 bits per heavy atom. The number of hydrogen-bond acceptors (Lipinski definition) is 3. The summed E-state index contributed by atoms with van der Waals surface area (Å²) in [5.74, 6) is 0.186. The van der Waals surface area contributed by atoms with Gasteiger partial charge in [0.15, 0.2) is 0 Å². The summed E-state index contributed by atoms with van der Waals surface area (Å²) in [6.45, 7) is 5.93. The van der Waals surface area contributed by atoms with Crippen LogP contribution in [0, 0.1) is 0 Å². The van der Waals surface area contributed by atoms with Crippen LogP contribution in [-0.2, 0) is 15.7 Å². The number of hydrogen-bond donors (Lipinski definition) is 0. The maximum Gasteiger partial charge on any atom is 0.253 e. The molecular formula is C35H44Cl3N3O3. The number of likely N-dealkylation sites (tertiary alicyclic amines) is 2. The molecule has 44 heavy (non-hydrogen) atoms. The Bertz CT molecular complexity index is 1380. The van der Waals surface area contributed by atoms with Crippen LogP contribution < -0.4 is 0 Å². The normalized spacial score (nSPS) is 19.8. The third kappa shape index (κ3) is 7.60. The molecule has 0 bridgehead atoms. The predicted octanol–water partition coefficient (Wildman–Crippen LogP) is 7.01. The zero-order valence-electron chi connectivity index (χ0n) is 25.6. The van der Waals surface area contributed by atoms with E-state index in [9.17, 15) is 9.59 Å². The van der Waals surface area contributed by atoms with Crippen molar-refractivity contribution in [2.45, 2.75) is 56.4 Å². The Morgan fingerprint density at radius 2 is 1.48 bits per heavy atom. The number of benzene rings is 3. The predicted molar refractivity (Wildman–Crippen MR) is 182 cm³/mol. The lowest BCUT2D eigenvalue weighted by Crippen LogP contribution is -2.53. The molecule has 9 heteroatoms. The third-order valence-corrected chi connectivity index (χ3v) is 10.4. The average Bonchev–Trinajstić information content (AvgIpc) is 3.03. The van der Waals surface area contributed by atoms with Crippen molar-refractivity contribution in [3.63, 3.8) is 0 Å². The average molecular weight is 661 g/mol. The maximum atomic E-state index is 13.5. The summed E-state index contributed by atoms with van der Waals surface area (Å²) in [5, 5.41) is 1.11. The first-order chi connectivity index (χ1) is 20.2. The van der Waals surface area contributed by atoms with E-state index in [0.29, 0.717) is 16.6 Å². The topological polar surface area (TPSA) is 75.4 Å². The lowest BCUT2D eigenvalue weighted by molar-refractivity contribution is -0.136. The van der Waals surface area contributed by atoms with E-state index in [1.54, 1.807) is 6.92 Å². The molecule has 0 spiro atoms. The first-order valence-corrected chi connectivity index (χ1v) is 15.8. The number of nitrogens with zero attached hydrogens (tertiary/aromatic N) is 3. The molecule has 1 unspecified atom stereocenters. The summed E-state index contributed by atoms with van der Waals surface area (Å²) in [4.78, 5) is 32.5. The molecule has 0 radical (unpaired) electrons. The molecule has 3 aromatic carbocycles. The maximum absolute atomic E-state index is 13.5. The van der Waals surface area contributed by atoms with E-state index in [2.05, 4.69) is 35.2 Å². The van der Waals surface area contributed by atoms with Crippen LogP contribution in [0.2, 0.25) is 10.0 Å². The summed E-state index contributed by atoms with van der Waals surface area (Å²) in [5.41, 5.74) is 2.65. The fourth-order valence-corrected chi connectivity index (χ4v) is 7.43. The van der Waals surface area contributed by atoms with Crippen molar-refractivity contribution in [2.75, 3.05) is 39.8 Å². The van der Waals surface area contributed by atoms with E-state index in [1.807, 2.05) is 65.4 Å². The SMILES string of the molecule is CC(=O)N(C)C1(c2ccccc2)CCN(CCCC2(c3ccc(Cl)c(Cl)c3)CCCN(C(=O)c3ccccc3)C2)CC1.Cl.O. The van der Waals surface area contributed by atoms with Crippen molar-refractivity contribution >= 4 is 47.4 Å². The first kappa shape index (κ1) is 35.9. The van der Waals surface area contributed by atoms with Gasteiger partial charge in [0.2, 0.25) is 5.91 Å². The van der Waals surface area contributed by atoms with Crippen LogP contribution in [0.25, 0.3) is 0 Å². The molecule has 2 N–H and O–H groups in total. The van der Waals surface area contributed by atoms with Crippen LogP contribution >= 0.6 is 35.6 Å². The molecule has 2 aliphatic rings. The standard InChI is InChI=1S/C35H41Cl2N3O2.ClH.H2O/c1-27(41)38(2)35(29-13-7-4-8-14-29)19-23-39(24-20-35)21-9-17-34(30-15-16-31(36)32(37)25-30)18-10-22-40(26-34)33(42)28-11-5-3-6-12-28;;/h3-8,11-16,25H,9-10,17-24,26H2,1-2H3;1H;1H2. The van der Waals surface area contributed by atoms with Gasteiger partial charge in [-0.2, -0.15) is 0 Å². The summed E-state index contributed by atoms with van der Waals surface area (Å²) in [6, 6.07) is 26.0. The zero-order valence-corrected chi connectivity index (χ0v) is 27.9. The van der Waals surface area contributed by atoms with E-state index >= 15 is 0 Å². The van der Waals surface area contributed by atoms with Crippen LogP contribution in [0.15, 0.2) is 78.9 Å². The second kappa shape index (κ2) is 15.6. The number of halogens is 3. The van der Waals surface area contributed by atoms with E-state index in [-0.39, 0.29) is 40.7 Å². The van der Waals surface area contributed by atoms with Gasteiger partial charge in [0.25, 0.3) is 5.91 Å². The van der Waals surface area contributed by atoms with Crippen molar-refractivity contribution < 1.29 is 15.1 Å². The monoisotopic (exact) mass is 659 g/mol. The molecule has 5 rings (SSSR count). The van der Waals surface area contributed by atoms with Crippen LogP contribution in [0.3, 0.4) is 0 Å². The molecule has 2 heterocycles. The highest BCUT2D eigenvalue weighted by Gasteiger charge is 2.42. The van der Waals surface area contributed by atoms with Crippen LogP contribution in [-0.4, -0.2) is 71.8 Å². The minimum absolute atomic E-state index is 0. The zero-order chi connectivity index (χ0) is 29.7. The molecule has 2 saturated heterocycles. The largest absolute Gasteiger partial charge is 0.412 e. The smallest absolute Gasteiger partial charge is 0.253 e. The van der Waals surface area contributed by atoms with Crippen LogP contribution in [0.5, 0.6) is 0 Å². The second-order valence-corrected chi connectivity index (χ2v) is 12.8. The van der Waals surface area contributed by atoms with E-state index in [1.165, 1.54) is 5.56 Å². The molecule has 0 saturated carbocycles. The Labute approximate surface area is 278 Å². The van der Waals surface area contributed by atoms with Crippen molar-refractivity contribution in [1.29, 1.82) is 0 Å². The Balaban J connectivity index is 0.00000264. The second-order valence-electron chi connectivity index (χ2n) is 12.0. The number of piperidine rings is 2. The highest BCUT2D eigenvalue weighted by Crippen LogP contribution is 2.42. The number of rotatable bonds is 8. The molecule has 0 aromatic heterocycles. The van der Waals surface area contributed by atoms with Gasteiger partial charge in [-0.1, -0.05) is 77.8 Å². The lowest BCUT2D eigenvalue weighted by Gasteiger charge is -2.48. The molecule has 2 fully saturated rings. The number of amides is 2. The van der Waals surface area contributed by atoms with Gasteiger partial charge in [0.1, 0.15) is 0 Å². The Hall–Kier alpha value is -2.61. The van der Waals surface area contributed by atoms with E-state index < -0.39 is 0 Å². The Kier molecular flexibility index (Phi) is 12.7. The van der Waals surface area contributed by atoms with Crippen molar-refractivity contribution in [2.24, 2.45) is 0 Å². The quantitative estimate of drug-likeness (QED) is 0.261. The molecule has 0 aliphatic carbocycles. The number of carbonyl (C=O) groups excluding carboxylic acids is 2. The molecule has 2 aliphatic heterocycles. The Morgan fingerprint density at radius 3 is 2.09 bits per heavy atom. The lowest BCUT2D eigenvalue weighted by atomic mass is 9.70. The fourth-order valence-electron chi connectivity index (χ4n) is 7.13. The summed E-state index contributed by atoms with van der Waals surface area (Å²) < 4.78 is 0. The molecule has 3 aromatic rings. The van der Waals surface area contributed by atoms with Gasteiger partial charge in [-0.3, -0.25) is 9.59 Å². The van der Waals surface area contributed by atoms with E-state index in [0.717, 1.165) is 75.8 Å². The first-order valence-electron chi connectivity index (χ1n) is 15.1. The van der Waals surface area contributed by atoms with E-state index in [4.69, 9.17) is 23.2 Å². The molecular weight excluding hydrogens is 617 g/mol. The number of carbonyl (C=O) groups is 2.